The van der Waals surface area contributed by atoms with E-state index in [-0.39, 0.29) is 0 Å². The zero-order valence-corrected chi connectivity index (χ0v) is 10.3. The minimum atomic E-state index is 0.596. The molecule has 0 saturated heterocycles. The Hall–Kier alpha value is -0.0800. The maximum absolute atomic E-state index is 5.52. The van der Waals surface area contributed by atoms with E-state index in [1.54, 1.807) is 0 Å². The van der Waals surface area contributed by atoms with Crippen molar-refractivity contribution in [3.05, 3.63) is 0 Å². The second-order valence-corrected chi connectivity index (χ2v) is 4.42. The van der Waals surface area contributed by atoms with Gasteiger partial charge in [-0.2, -0.15) is 0 Å². The minimum absolute atomic E-state index is 0.596. The maximum Gasteiger partial charge on any atom is 0.0469 e. The maximum atomic E-state index is 5.52. The molecule has 1 N–H and O–H groups in total. The van der Waals surface area contributed by atoms with Gasteiger partial charge in [0.2, 0.25) is 0 Å². The van der Waals surface area contributed by atoms with Gasteiger partial charge < -0.3 is 10.1 Å². The van der Waals surface area contributed by atoms with E-state index in [1.807, 2.05) is 0 Å². The van der Waals surface area contributed by atoms with Crippen molar-refractivity contribution in [1.29, 1.82) is 0 Å². The summed E-state index contributed by atoms with van der Waals surface area (Å²) in [5, 5.41) is 3.44. The third-order valence-electron chi connectivity index (χ3n) is 2.27. The molecule has 14 heavy (non-hydrogen) atoms. The van der Waals surface area contributed by atoms with Gasteiger partial charge in [-0.05, 0) is 25.3 Å². The van der Waals surface area contributed by atoms with Gasteiger partial charge in [-0.1, -0.05) is 34.1 Å². The van der Waals surface area contributed by atoms with Crippen LogP contribution < -0.4 is 5.32 Å². The fourth-order valence-electron chi connectivity index (χ4n) is 1.17. The van der Waals surface area contributed by atoms with Gasteiger partial charge in [0.15, 0.2) is 0 Å². The number of hydrogen-bond donors (Lipinski definition) is 1. The molecule has 86 valence electrons. The largest absolute Gasteiger partial charge is 0.381 e. The normalized spacial score (nSPS) is 13.5. The summed E-state index contributed by atoms with van der Waals surface area (Å²) in [5.74, 6) is 0.721. The highest BCUT2D eigenvalue weighted by Gasteiger charge is 2.02. The van der Waals surface area contributed by atoms with Crippen molar-refractivity contribution >= 4 is 0 Å². The number of nitrogens with one attached hydrogen (secondary N) is 1. The van der Waals surface area contributed by atoms with Crippen LogP contribution in [0.2, 0.25) is 0 Å². The van der Waals surface area contributed by atoms with Crippen molar-refractivity contribution < 1.29 is 4.74 Å². The molecule has 0 heterocycles. The van der Waals surface area contributed by atoms with Crippen molar-refractivity contribution in [3.8, 4) is 0 Å². The predicted octanol–water partition coefficient (Wildman–Crippen LogP) is 2.83. The number of rotatable bonds is 9. The molecule has 2 nitrogen and oxygen atoms in total. The van der Waals surface area contributed by atoms with Crippen LogP contribution in [0.25, 0.3) is 0 Å². The Morgan fingerprint density at radius 1 is 1.14 bits per heavy atom. The van der Waals surface area contributed by atoms with Crippen LogP contribution in [0, 0.1) is 5.92 Å². The van der Waals surface area contributed by atoms with Crippen LogP contribution >= 0.6 is 0 Å². The smallest absolute Gasteiger partial charge is 0.0469 e. The topological polar surface area (TPSA) is 21.3 Å². The van der Waals surface area contributed by atoms with E-state index in [2.05, 4.69) is 33.0 Å². The fourth-order valence-corrected chi connectivity index (χ4v) is 1.17. The lowest BCUT2D eigenvalue weighted by atomic mass is 10.1. The zero-order chi connectivity index (χ0) is 10.8. The highest BCUT2D eigenvalue weighted by Crippen LogP contribution is 2.01. The zero-order valence-electron chi connectivity index (χ0n) is 10.3. The summed E-state index contributed by atoms with van der Waals surface area (Å²) in [6, 6.07) is 0.596. The third kappa shape index (κ3) is 10.0. The molecule has 0 rings (SSSR count). The van der Waals surface area contributed by atoms with Crippen molar-refractivity contribution in [3.63, 3.8) is 0 Å². The molecular weight excluding hydrogens is 174 g/mol. The summed E-state index contributed by atoms with van der Waals surface area (Å²) in [6.07, 6.45) is 3.59. The second kappa shape index (κ2) is 9.47. The molecule has 0 aliphatic carbocycles. The summed E-state index contributed by atoms with van der Waals surface area (Å²) in [7, 11) is 0. The Morgan fingerprint density at radius 3 is 2.43 bits per heavy atom. The number of hydrogen-bond acceptors (Lipinski definition) is 2. The number of ether oxygens (including phenoxy) is 1. The first-order valence-electron chi connectivity index (χ1n) is 5.98. The quantitative estimate of drug-likeness (QED) is 0.579. The molecule has 0 aliphatic heterocycles. The lowest BCUT2D eigenvalue weighted by Crippen LogP contribution is -2.28. The van der Waals surface area contributed by atoms with E-state index in [0.29, 0.717) is 6.04 Å². The van der Waals surface area contributed by atoms with Gasteiger partial charge in [-0.25, -0.2) is 0 Å². The third-order valence-corrected chi connectivity index (χ3v) is 2.27. The second-order valence-electron chi connectivity index (χ2n) is 4.42. The van der Waals surface area contributed by atoms with Crippen LogP contribution in [0.3, 0.4) is 0 Å². The Bertz CT molecular complexity index is 115. The molecule has 2 heteroatoms. The van der Waals surface area contributed by atoms with Gasteiger partial charge >= 0.3 is 0 Å². The molecular formula is C12H27NO. The molecule has 0 bridgehead atoms. The van der Waals surface area contributed by atoms with Gasteiger partial charge in [0.05, 0.1) is 0 Å². The lowest BCUT2D eigenvalue weighted by Gasteiger charge is -2.14. The van der Waals surface area contributed by atoms with Crippen LogP contribution in [0.1, 0.15) is 47.0 Å². The van der Waals surface area contributed by atoms with E-state index in [9.17, 15) is 0 Å². The Kier molecular flexibility index (Phi) is 9.42. The van der Waals surface area contributed by atoms with Crippen LogP contribution in [-0.2, 0) is 4.74 Å². The van der Waals surface area contributed by atoms with Crippen molar-refractivity contribution in [1.82, 2.24) is 5.32 Å². The average Bonchev–Trinajstić information content (AvgIpc) is 2.14. The highest BCUT2D eigenvalue weighted by molar-refractivity contribution is 4.59. The van der Waals surface area contributed by atoms with E-state index < -0.39 is 0 Å². The number of unbranched alkanes of at least 4 members (excludes halogenated alkanes) is 1. The summed E-state index contributed by atoms with van der Waals surface area (Å²) in [4.78, 5) is 0. The van der Waals surface area contributed by atoms with Crippen LogP contribution in [0.4, 0.5) is 0 Å². The van der Waals surface area contributed by atoms with E-state index >= 15 is 0 Å². The molecule has 0 fully saturated rings. The first-order valence-corrected chi connectivity index (χ1v) is 5.98. The SMILES string of the molecule is CCCCOCCC(C)CNC(C)C. The van der Waals surface area contributed by atoms with Crippen molar-refractivity contribution in [2.24, 2.45) is 5.92 Å². The first kappa shape index (κ1) is 13.9. The highest BCUT2D eigenvalue weighted by atomic mass is 16.5. The van der Waals surface area contributed by atoms with E-state index in [0.717, 1.165) is 25.7 Å². The molecule has 0 spiro atoms. The Labute approximate surface area is 89.4 Å². The Morgan fingerprint density at radius 2 is 1.86 bits per heavy atom. The fraction of sp³-hybridized carbons (Fsp3) is 1.00. The first-order chi connectivity index (χ1) is 6.66. The molecule has 0 aliphatic rings. The summed E-state index contributed by atoms with van der Waals surface area (Å²) in [6.45, 7) is 11.8. The molecule has 1 unspecified atom stereocenters. The van der Waals surface area contributed by atoms with Gasteiger partial charge in [0, 0.05) is 19.3 Å². The summed E-state index contributed by atoms with van der Waals surface area (Å²) >= 11 is 0. The van der Waals surface area contributed by atoms with Crippen molar-refractivity contribution in [2.45, 2.75) is 53.0 Å². The molecule has 0 radical (unpaired) electrons. The molecule has 0 aromatic rings. The van der Waals surface area contributed by atoms with Crippen molar-refractivity contribution in [2.75, 3.05) is 19.8 Å². The predicted molar refractivity (Wildman–Crippen MR) is 62.6 cm³/mol. The Balaban J connectivity index is 3.14. The molecule has 0 saturated carbocycles. The summed E-state index contributed by atoms with van der Waals surface area (Å²) < 4.78 is 5.52. The van der Waals surface area contributed by atoms with Crippen LogP contribution in [0.5, 0.6) is 0 Å². The van der Waals surface area contributed by atoms with Gasteiger partial charge in [-0.15, -0.1) is 0 Å². The van der Waals surface area contributed by atoms with E-state index in [1.165, 1.54) is 19.3 Å². The monoisotopic (exact) mass is 201 g/mol. The standard InChI is InChI=1S/C12H27NO/c1-5-6-8-14-9-7-12(4)10-13-11(2)3/h11-13H,5-10H2,1-4H3. The molecule has 1 atom stereocenters. The lowest BCUT2D eigenvalue weighted by molar-refractivity contribution is 0.119. The average molecular weight is 201 g/mol. The molecule has 0 aromatic carbocycles. The van der Waals surface area contributed by atoms with Gasteiger partial charge in [0.25, 0.3) is 0 Å². The molecule has 0 amide bonds. The minimum Gasteiger partial charge on any atom is -0.381 e. The summed E-state index contributed by atoms with van der Waals surface area (Å²) in [5.41, 5.74) is 0. The van der Waals surface area contributed by atoms with Crippen LogP contribution in [0.15, 0.2) is 0 Å². The van der Waals surface area contributed by atoms with Gasteiger partial charge in [-0.3, -0.25) is 0 Å². The van der Waals surface area contributed by atoms with E-state index in [4.69, 9.17) is 4.74 Å². The molecule has 0 aromatic heterocycles. The van der Waals surface area contributed by atoms with Crippen LogP contribution in [-0.4, -0.2) is 25.8 Å². The van der Waals surface area contributed by atoms with Gasteiger partial charge in [0.1, 0.15) is 0 Å².